The molecule has 11 rings (SSSR count). The van der Waals surface area contributed by atoms with E-state index in [0.717, 1.165) is 72.3 Å². The van der Waals surface area contributed by atoms with Gasteiger partial charge in [0.05, 0.1) is 16.6 Å². The lowest BCUT2D eigenvalue weighted by molar-refractivity contribution is 0.645. The number of anilines is 3. The van der Waals surface area contributed by atoms with Crippen molar-refractivity contribution >= 4 is 82.7 Å². The van der Waals surface area contributed by atoms with E-state index in [2.05, 4.69) is 167 Å². The Morgan fingerprint density at radius 3 is 1.85 bits per heavy atom. The van der Waals surface area contributed by atoms with Crippen molar-refractivity contribution in [2.24, 2.45) is 0 Å². The number of benzene rings is 8. The SMILES string of the molecule is c1ccc2cc(-c3ccc(N(c4ccc(-n5c6ccccc6c6c7ccccc7oc65)cc4)c4cccc5c4oc4ccccc45)cc3)ccc2c1. The zero-order valence-corrected chi connectivity index (χ0v) is 28.0. The van der Waals surface area contributed by atoms with Gasteiger partial charge in [-0.1, -0.05) is 115 Å². The Labute approximate surface area is 299 Å². The summed E-state index contributed by atoms with van der Waals surface area (Å²) in [6.45, 7) is 0. The topological polar surface area (TPSA) is 34.5 Å². The molecule has 0 amide bonds. The first kappa shape index (κ1) is 28.8. The first-order valence-electron chi connectivity index (χ1n) is 17.6. The molecule has 8 aromatic carbocycles. The second-order valence-electron chi connectivity index (χ2n) is 13.3. The summed E-state index contributed by atoms with van der Waals surface area (Å²) < 4.78 is 15.4. The largest absolute Gasteiger partial charge is 0.454 e. The van der Waals surface area contributed by atoms with Crippen LogP contribution in [0.5, 0.6) is 0 Å². The van der Waals surface area contributed by atoms with Crippen molar-refractivity contribution in [3.63, 3.8) is 0 Å². The van der Waals surface area contributed by atoms with Crippen LogP contribution in [0.15, 0.2) is 191 Å². The van der Waals surface area contributed by atoms with Crippen molar-refractivity contribution in [1.29, 1.82) is 0 Å². The van der Waals surface area contributed by atoms with Crippen LogP contribution in [-0.4, -0.2) is 4.57 Å². The van der Waals surface area contributed by atoms with Crippen LogP contribution in [0, 0.1) is 0 Å². The summed E-state index contributed by atoms with van der Waals surface area (Å²) in [5, 5.41) is 8.12. The van der Waals surface area contributed by atoms with Crippen molar-refractivity contribution in [3.8, 4) is 16.8 Å². The van der Waals surface area contributed by atoms with E-state index in [0.29, 0.717) is 0 Å². The predicted molar refractivity (Wildman–Crippen MR) is 215 cm³/mol. The van der Waals surface area contributed by atoms with Crippen LogP contribution in [-0.2, 0) is 0 Å². The minimum atomic E-state index is 0.850. The number of hydrogen-bond donors (Lipinski definition) is 0. The number of hydrogen-bond acceptors (Lipinski definition) is 3. The molecule has 0 aliphatic heterocycles. The van der Waals surface area contributed by atoms with Gasteiger partial charge in [-0.25, -0.2) is 0 Å². The monoisotopic (exact) mass is 666 g/mol. The molecule has 0 saturated heterocycles. The third-order valence-electron chi connectivity index (χ3n) is 10.4. The highest BCUT2D eigenvalue weighted by atomic mass is 16.3. The van der Waals surface area contributed by atoms with E-state index in [-0.39, 0.29) is 0 Å². The number of rotatable bonds is 5. The van der Waals surface area contributed by atoms with Crippen LogP contribution >= 0.6 is 0 Å². The van der Waals surface area contributed by atoms with Gasteiger partial charge in [-0.2, -0.15) is 0 Å². The Hall–Kier alpha value is -7.04. The van der Waals surface area contributed by atoms with Crippen molar-refractivity contribution in [3.05, 3.63) is 182 Å². The van der Waals surface area contributed by atoms with E-state index in [1.807, 2.05) is 24.3 Å². The molecule has 0 bridgehead atoms. The van der Waals surface area contributed by atoms with E-state index in [9.17, 15) is 0 Å². The average Bonchev–Trinajstić information content (AvgIpc) is 3.88. The van der Waals surface area contributed by atoms with Gasteiger partial charge in [0.1, 0.15) is 11.2 Å². The van der Waals surface area contributed by atoms with Gasteiger partial charge in [0.2, 0.25) is 5.71 Å². The van der Waals surface area contributed by atoms with E-state index >= 15 is 0 Å². The molecule has 3 aromatic heterocycles. The fourth-order valence-electron chi connectivity index (χ4n) is 7.95. The summed E-state index contributed by atoms with van der Waals surface area (Å²) in [5.74, 6) is 0. The maximum atomic E-state index is 6.59. The average molecular weight is 667 g/mol. The summed E-state index contributed by atoms with van der Waals surface area (Å²) in [5.41, 5.74) is 11.0. The van der Waals surface area contributed by atoms with Crippen LogP contribution in [0.2, 0.25) is 0 Å². The number of fused-ring (bicyclic) bond motifs is 9. The van der Waals surface area contributed by atoms with Crippen LogP contribution in [0.4, 0.5) is 17.1 Å². The Morgan fingerprint density at radius 2 is 1.04 bits per heavy atom. The van der Waals surface area contributed by atoms with Crippen LogP contribution in [0.1, 0.15) is 0 Å². The minimum absolute atomic E-state index is 0.850. The lowest BCUT2D eigenvalue weighted by atomic mass is 10.0. The number of nitrogens with zero attached hydrogens (tertiary/aromatic N) is 2. The molecule has 52 heavy (non-hydrogen) atoms. The molecule has 0 atom stereocenters. The van der Waals surface area contributed by atoms with Gasteiger partial charge >= 0.3 is 0 Å². The third-order valence-corrected chi connectivity index (χ3v) is 10.4. The van der Waals surface area contributed by atoms with E-state index < -0.39 is 0 Å². The number of para-hydroxylation sites is 4. The molecule has 0 aliphatic carbocycles. The first-order valence-corrected chi connectivity index (χ1v) is 17.6. The molecular weight excluding hydrogens is 637 g/mol. The summed E-state index contributed by atoms with van der Waals surface area (Å²) in [7, 11) is 0. The summed E-state index contributed by atoms with van der Waals surface area (Å²) in [6.07, 6.45) is 0. The van der Waals surface area contributed by atoms with E-state index in [1.165, 1.54) is 27.3 Å². The quantitative estimate of drug-likeness (QED) is 0.183. The summed E-state index contributed by atoms with van der Waals surface area (Å²) in [6, 6.07) is 64.2. The maximum Gasteiger partial charge on any atom is 0.213 e. The van der Waals surface area contributed by atoms with E-state index in [1.54, 1.807) is 0 Å². The van der Waals surface area contributed by atoms with Crippen molar-refractivity contribution in [2.45, 2.75) is 0 Å². The standard InChI is InChI=1S/C48H30N2O2/c1-2-11-33-30-34(21-20-31(33)10-1)32-22-24-35(25-23-32)49(43-17-9-15-39-38-12-4-7-18-44(38)51-47(39)43)36-26-28-37(29-27-36)50-42-16-6-3-13-40(42)46-41-14-5-8-19-45(41)52-48(46)50/h1-30H. The zero-order chi connectivity index (χ0) is 34.2. The zero-order valence-electron chi connectivity index (χ0n) is 28.0. The molecule has 4 nitrogen and oxygen atoms in total. The highest BCUT2D eigenvalue weighted by Gasteiger charge is 2.22. The fourth-order valence-corrected chi connectivity index (χ4v) is 7.95. The molecule has 3 heterocycles. The van der Waals surface area contributed by atoms with Crippen LogP contribution in [0.25, 0.3) is 82.5 Å². The lowest BCUT2D eigenvalue weighted by Gasteiger charge is -2.26. The van der Waals surface area contributed by atoms with Gasteiger partial charge in [0, 0.05) is 38.6 Å². The number of aromatic nitrogens is 1. The van der Waals surface area contributed by atoms with Gasteiger partial charge in [-0.3, -0.25) is 4.57 Å². The summed E-state index contributed by atoms with van der Waals surface area (Å²) >= 11 is 0. The number of furan rings is 2. The third kappa shape index (κ3) is 4.34. The normalized spacial score (nSPS) is 11.8. The Kier molecular flexibility index (Phi) is 6.22. The summed E-state index contributed by atoms with van der Waals surface area (Å²) in [4.78, 5) is 2.29. The van der Waals surface area contributed by atoms with Gasteiger partial charge in [-0.05, 0) is 88.6 Å². The highest BCUT2D eigenvalue weighted by Crippen LogP contribution is 2.44. The van der Waals surface area contributed by atoms with Crippen molar-refractivity contribution in [1.82, 2.24) is 4.57 Å². The molecule has 0 radical (unpaired) electrons. The predicted octanol–water partition coefficient (Wildman–Crippen LogP) is 13.7. The second-order valence-corrected chi connectivity index (χ2v) is 13.3. The maximum absolute atomic E-state index is 6.59. The Bertz CT molecular complexity index is 3130. The van der Waals surface area contributed by atoms with Gasteiger partial charge < -0.3 is 13.7 Å². The lowest BCUT2D eigenvalue weighted by Crippen LogP contribution is -2.10. The minimum Gasteiger partial charge on any atom is -0.454 e. The first-order chi connectivity index (χ1) is 25.8. The van der Waals surface area contributed by atoms with Gasteiger partial charge in [0.15, 0.2) is 5.58 Å². The molecule has 0 saturated carbocycles. The molecule has 0 spiro atoms. The highest BCUT2D eigenvalue weighted by molar-refractivity contribution is 6.20. The Balaban J connectivity index is 1.07. The molecule has 244 valence electrons. The van der Waals surface area contributed by atoms with Crippen molar-refractivity contribution < 1.29 is 8.83 Å². The van der Waals surface area contributed by atoms with E-state index in [4.69, 9.17) is 8.83 Å². The molecule has 11 aromatic rings. The van der Waals surface area contributed by atoms with Crippen LogP contribution < -0.4 is 4.90 Å². The molecule has 0 unspecified atom stereocenters. The van der Waals surface area contributed by atoms with Gasteiger partial charge in [-0.15, -0.1) is 0 Å². The molecule has 4 heteroatoms. The second kappa shape index (κ2) is 11.2. The van der Waals surface area contributed by atoms with Crippen molar-refractivity contribution in [2.75, 3.05) is 4.90 Å². The molecular formula is C48H30N2O2. The van der Waals surface area contributed by atoms with Crippen LogP contribution in [0.3, 0.4) is 0 Å². The molecule has 0 fully saturated rings. The smallest absolute Gasteiger partial charge is 0.213 e. The Morgan fingerprint density at radius 1 is 0.423 bits per heavy atom. The van der Waals surface area contributed by atoms with Gasteiger partial charge in [0.25, 0.3) is 0 Å². The molecule has 0 N–H and O–H groups in total. The molecule has 0 aliphatic rings. The fraction of sp³-hybridized carbons (Fsp3) is 0.